The van der Waals surface area contributed by atoms with E-state index in [2.05, 4.69) is 5.32 Å². The third kappa shape index (κ3) is 4.37. The molecule has 1 aromatic rings. The summed E-state index contributed by atoms with van der Waals surface area (Å²) in [5.74, 6) is -1.70. The molecule has 0 aliphatic heterocycles. The molecule has 2 N–H and O–H groups in total. The van der Waals surface area contributed by atoms with Crippen molar-refractivity contribution in [2.45, 2.75) is 19.8 Å². The number of carbonyl (C=O) groups is 2. The van der Waals surface area contributed by atoms with Gasteiger partial charge in [0.05, 0.1) is 5.92 Å². The lowest BCUT2D eigenvalue weighted by molar-refractivity contribution is -0.141. The highest BCUT2D eigenvalue weighted by Crippen LogP contribution is 2.10. The molecule has 5 heteroatoms. The van der Waals surface area contributed by atoms with Gasteiger partial charge >= 0.3 is 5.97 Å². The minimum Gasteiger partial charge on any atom is -0.481 e. The van der Waals surface area contributed by atoms with E-state index in [0.717, 1.165) is 6.42 Å². The molecule has 0 radical (unpaired) electrons. The van der Waals surface area contributed by atoms with Crippen LogP contribution in [-0.2, 0) is 4.79 Å². The quantitative estimate of drug-likeness (QED) is 0.834. The number of carboxylic acids is 1. The molecule has 0 spiro atoms. The molecule has 0 saturated carbocycles. The molecule has 0 saturated heterocycles. The molecule has 1 rings (SSSR count). The van der Waals surface area contributed by atoms with Gasteiger partial charge in [-0.15, -0.1) is 0 Å². The third-order valence-electron chi connectivity index (χ3n) is 2.60. The molecule has 0 aromatic heterocycles. The van der Waals surface area contributed by atoms with Gasteiger partial charge in [-0.1, -0.05) is 24.9 Å². The minimum atomic E-state index is -0.881. The molecule has 1 amide bonds. The maximum atomic E-state index is 11.7. The molecular weight excluding hydrogens is 254 g/mol. The van der Waals surface area contributed by atoms with E-state index in [0.29, 0.717) is 17.0 Å². The van der Waals surface area contributed by atoms with E-state index >= 15 is 0 Å². The Labute approximate surface area is 111 Å². The number of hydrogen-bond donors (Lipinski definition) is 2. The van der Waals surface area contributed by atoms with E-state index in [1.54, 1.807) is 24.3 Å². The molecule has 98 valence electrons. The summed E-state index contributed by atoms with van der Waals surface area (Å²) in [4.78, 5) is 22.7. The smallest absolute Gasteiger partial charge is 0.308 e. The van der Waals surface area contributed by atoms with Gasteiger partial charge in [-0.2, -0.15) is 0 Å². The number of rotatable bonds is 6. The first-order chi connectivity index (χ1) is 8.54. The predicted octanol–water partition coefficient (Wildman–Crippen LogP) is 2.57. The molecule has 18 heavy (non-hydrogen) atoms. The number of hydrogen-bond acceptors (Lipinski definition) is 2. The molecule has 0 bridgehead atoms. The minimum absolute atomic E-state index is 0.143. The summed E-state index contributed by atoms with van der Waals surface area (Å²) < 4.78 is 0. The van der Waals surface area contributed by atoms with Gasteiger partial charge in [0.15, 0.2) is 0 Å². The SMILES string of the molecule is CCCC(CNC(=O)c1ccc(Cl)cc1)C(=O)O. The van der Waals surface area contributed by atoms with Crippen LogP contribution in [0.3, 0.4) is 0 Å². The number of benzene rings is 1. The van der Waals surface area contributed by atoms with Gasteiger partial charge in [0.1, 0.15) is 0 Å². The second-order valence-electron chi connectivity index (χ2n) is 4.04. The summed E-state index contributed by atoms with van der Waals surface area (Å²) in [5, 5.41) is 12.1. The molecule has 0 aliphatic rings. The molecular formula is C13H16ClNO3. The zero-order valence-electron chi connectivity index (χ0n) is 10.1. The van der Waals surface area contributed by atoms with Crippen molar-refractivity contribution in [3.8, 4) is 0 Å². The van der Waals surface area contributed by atoms with Crippen LogP contribution in [0.2, 0.25) is 5.02 Å². The Morgan fingerprint density at radius 2 is 1.94 bits per heavy atom. The van der Waals surface area contributed by atoms with Crippen molar-refractivity contribution < 1.29 is 14.7 Å². The fourth-order valence-electron chi connectivity index (χ4n) is 1.58. The van der Waals surface area contributed by atoms with Gasteiger partial charge < -0.3 is 10.4 Å². The molecule has 1 aromatic carbocycles. The summed E-state index contributed by atoms with van der Waals surface area (Å²) >= 11 is 5.72. The first kappa shape index (κ1) is 14.5. The maximum Gasteiger partial charge on any atom is 0.308 e. The second-order valence-corrected chi connectivity index (χ2v) is 4.48. The largest absolute Gasteiger partial charge is 0.481 e. The number of carbonyl (C=O) groups excluding carboxylic acids is 1. The lowest BCUT2D eigenvalue weighted by Crippen LogP contribution is -2.32. The fourth-order valence-corrected chi connectivity index (χ4v) is 1.71. The van der Waals surface area contributed by atoms with E-state index in [1.807, 2.05) is 6.92 Å². The lowest BCUT2D eigenvalue weighted by Gasteiger charge is -2.12. The monoisotopic (exact) mass is 269 g/mol. The molecule has 0 aliphatic carbocycles. The van der Waals surface area contributed by atoms with Gasteiger partial charge in [-0.05, 0) is 30.7 Å². The Balaban J connectivity index is 2.54. The van der Waals surface area contributed by atoms with E-state index in [9.17, 15) is 9.59 Å². The summed E-state index contributed by atoms with van der Waals surface area (Å²) in [6.07, 6.45) is 1.32. The van der Waals surface area contributed by atoms with Crippen LogP contribution >= 0.6 is 11.6 Å². The van der Waals surface area contributed by atoms with Crippen LogP contribution in [-0.4, -0.2) is 23.5 Å². The van der Waals surface area contributed by atoms with Crippen LogP contribution in [0, 0.1) is 5.92 Å². The van der Waals surface area contributed by atoms with Crippen LogP contribution in [0.15, 0.2) is 24.3 Å². The predicted molar refractivity (Wildman–Crippen MR) is 69.8 cm³/mol. The van der Waals surface area contributed by atoms with Crippen LogP contribution in [0.1, 0.15) is 30.1 Å². The molecule has 1 atom stereocenters. The van der Waals surface area contributed by atoms with Crippen LogP contribution in [0.5, 0.6) is 0 Å². The Kier molecular flexibility index (Phi) is 5.65. The van der Waals surface area contributed by atoms with Crippen molar-refractivity contribution in [2.24, 2.45) is 5.92 Å². The molecule has 0 fully saturated rings. The van der Waals surface area contributed by atoms with Crippen molar-refractivity contribution in [1.82, 2.24) is 5.32 Å². The number of amides is 1. The van der Waals surface area contributed by atoms with Gasteiger partial charge in [0, 0.05) is 17.1 Å². The Hall–Kier alpha value is -1.55. The number of aliphatic carboxylic acids is 1. The van der Waals surface area contributed by atoms with Crippen LogP contribution in [0.4, 0.5) is 0 Å². The van der Waals surface area contributed by atoms with Crippen LogP contribution < -0.4 is 5.32 Å². The van der Waals surface area contributed by atoms with Crippen LogP contribution in [0.25, 0.3) is 0 Å². The summed E-state index contributed by atoms with van der Waals surface area (Å²) in [5.41, 5.74) is 0.472. The van der Waals surface area contributed by atoms with Crippen molar-refractivity contribution in [2.75, 3.05) is 6.54 Å². The Morgan fingerprint density at radius 3 is 2.44 bits per heavy atom. The topological polar surface area (TPSA) is 66.4 Å². The highest BCUT2D eigenvalue weighted by Gasteiger charge is 2.17. The maximum absolute atomic E-state index is 11.7. The summed E-state index contributed by atoms with van der Waals surface area (Å²) in [7, 11) is 0. The van der Waals surface area contributed by atoms with Gasteiger partial charge in [-0.3, -0.25) is 9.59 Å². The van der Waals surface area contributed by atoms with Crippen molar-refractivity contribution in [1.29, 1.82) is 0 Å². The summed E-state index contributed by atoms with van der Waals surface area (Å²) in [6.45, 7) is 2.06. The average molecular weight is 270 g/mol. The normalized spacial score (nSPS) is 11.9. The van der Waals surface area contributed by atoms with E-state index in [1.165, 1.54) is 0 Å². The highest BCUT2D eigenvalue weighted by atomic mass is 35.5. The summed E-state index contributed by atoms with van der Waals surface area (Å²) in [6, 6.07) is 6.45. The molecule has 0 heterocycles. The van der Waals surface area contributed by atoms with Gasteiger partial charge in [-0.25, -0.2) is 0 Å². The lowest BCUT2D eigenvalue weighted by atomic mass is 10.0. The first-order valence-corrected chi connectivity index (χ1v) is 6.19. The zero-order valence-corrected chi connectivity index (χ0v) is 10.9. The van der Waals surface area contributed by atoms with Gasteiger partial charge in [0.25, 0.3) is 5.91 Å². The zero-order chi connectivity index (χ0) is 13.5. The highest BCUT2D eigenvalue weighted by molar-refractivity contribution is 6.30. The second kappa shape index (κ2) is 7.01. The Morgan fingerprint density at radius 1 is 1.33 bits per heavy atom. The number of nitrogens with one attached hydrogen (secondary N) is 1. The van der Waals surface area contributed by atoms with Gasteiger partial charge in [0.2, 0.25) is 0 Å². The van der Waals surface area contributed by atoms with Crippen molar-refractivity contribution in [3.63, 3.8) is 0 Å². The molecule has 4 nitrogen and oxygen atoms in total. The first-order valence-electron chi connectivity index (χ1n) is 5.81. The van der Waals surface area contributed by atoms with E-state index < -0.39 is 11.9 Å². The van der Waals surface area contributed by atoms with E-state index in [-0.39, 0.29) is 12.5 Å². The molecule has 1 unspecified atom stereocenters. The third-order valence-corrected chi connectivity index (χ3v) is 2.85. The van der Waals surface area contributed by atoms with Crippen molar-refractivity contribution in [3.05, 3.63) is 34.9 Å². The Bertz CT molecular complexity index is 417. The number of halogens is 1. The standard InChI is InChI=1S/C13H16ClNO3/c1-2-3-10(13(17)18)8-15-12(16)9-4-6-11(14)7-5-9/h4-7,10H,2-3,8H2,1H3,(H,15,16)(H,17,18). The average Bonchev–Trinajstić information content (AvgIpc) is 2.34. The van der Waals surface area contributed by atoms with E-state index in [4.69, 9.17) is 16.7 Å². The number of carboxylic acid groups (broad SMARTS) is 1. The fraction of sp³-hybridized carbons (Fsp3) is 0.385. The van der Waals surface area contributed by atoms with Crippen molar-refractivity contribution >= 4 is 23.5 Å².